The van der Waals surface area contributed by atoms with Crippen molar-refractivity contribution >= 4 is 32.5 Å². The van der Waals surface area contributed by atoms with Crippen LogP contribution in [0.5, 0.6) is 17.2 Å². The van der Waals surface area contributed by atoms with Gasteiger partial charge in [0.2, 0.25) is 0 Å². The average Bonchev–Trinajstić information content (AvgIpc) is 3.22. The molecule has 0 spiro atoms. The van der Waals surface area contributed by atoms with Crippen molar-refractivity contribution in [3.8, 4) is 17.2 Å². The number of hydrogen-bond donors (Lipinski definition) is 0. The monoisotopic (exact) mass is 448 g/mol. The lowest BCUT2D eigenvalue weighted by Crippen LogP contribution is -2.39. The van der Waals surface area contributed by atoms with E-state index >= 15 is 0 Å². The summed E-state index contributed by atoms with van der Waals surface area (Å²) in [4.78, 5) is 6.79. The van der Waals surface area contributed by atoms with Crippen molar-refractivity contribution in [3.63, 3.8) is 0 Å². The fraction of sp³-hybridized carbons (Fsp3) is 0.381. The van der Waals surface area contributed by atoms with Gasteiger partial charge in [0.15, 0.2) is 15.0 Å². The van der Waals surface area contributed by atoms with E-state index in [1.807, 2.05) is 47.4 Å². The van der Waals surface area contributed by atoms with Crippen molar-refractivity contribution in [2.75, 3.05) is 37.7 Å². The van der Waals surface area contributed by atoms with Gasteiger partial charge in [-0.25, -0.2) is 8.42 Å². The highest BCUT2D eigenvalue weighted by Crippen LogP contribution is 2.41. The fourth-order valence-corrected chi connectivity index (χ4v) is 6.69. The van der Waals surface area contributed by atoms with Gasteiger partial charge in [0.05, 0.1) is 50.6 Å². The van der Waals surface area contributed by atoms with Crippen LogP contribution in [-0.4, -0.2) is 58.5 Å². The highest BCUT2D eigenvalue weighted by molar-refractivity contribution is 8.13. The molecule has 160 valence electrons. The van der Waals surface area contributed by atoms with Gasteiger partial charge >= 0.3 is 0 Å². The molecule has 0 amide bonds. The molecule has 2 aliphatic heterocycles. The van der Waals surface area contributed by atoms with E-state index in [-0.39, 0.29) is 23.6 Å². The first kappa shape index (κ1) is 20.9. The Bertz CT molecular complexity index is 1050. The molecule has 0 radical (unpaired) electrons. The van der Waals surface area contributed by atoms with Crippen LogP contribution < -0.4 is 19.1 Å². The molecule has 0 aromatic heterocycles. The van der Waals surface area contributed by atoms with Gasteiger partial charge in [0.25, 0.3) is 0 Å². The molecule has 2 atom stereocenters. The number of aliphatic imine (C=N–C) groups is 1. The number of benzene rings is 2. The Morgan fingerprint density at radius 2 is 1.70 bits per heavy atom. The van der Waals surface area contributed by atoms with Gasteiger partial charge in [-0.15, -0.1) is 0 Å². The minimum absolute atomic E-state index is 0.0764. The van der Waals surface area contributed by atoms with Crippen LogP contribution in [0.25, 0.3) is 0 Å². The van der Waals surface area contributed by atoms with Crippen LogP contribution in [0.3, 0.4) is 0 Å². The van der Waals surface area contributed by atoms with Gasteiger partial charge in [-0.1, -0.05) is 23.9 Å². The Labute approximate surface area is 181 Å². The topological polar surface area (TPSA) is 77.4 Å². The molecule has 2 aromatic rings. The van der Waals surface area contributed by atoms with Crippen molar-refractivity contribution in [1.82, 2.24) is 0 Å². The lowest BCUT2D eigenvalue weighted by atomic mass is 10.1. The Hall–Kier alpha value is -2.39. The van der Waals surface area contributed by atoms with E-state index in [0.29, 0.717) is 17.3 Å². The maximum absolute atomic E-state index is 12.3. The molecule has 0 saturated carbocycles. The summed E-state index contributed by atoms with van der Waals surface area (Å²) in [5, 5.41) is 0.794. The number of amidine groups is 1. The van der Waals surface area contributed by atoms with Gasteiger partial charge < -0.3 is 19.1 Å². The molecular weight excluding hydrogens is 424 g/mol. The highest BCUT2D eigenvalue weighted by Gasteiger charge is 2.47. The predicted octanol–water partition coefficient (Wildman–Crippen LogP) is 2.99. The number of ether oxygens (including phenoxy) is 3. The number of methoxy groups -OCH3 is 3. The van der Waals surface area contributed by atoms with Crippen molar-refractivity contribution in [3.05, 3.63) is 48.0 Å². The maximum Gasteiger partial charge on any atom is 0.164 e. The summed E-state index contributed by atoms with van der Waals surface area (Å²) in [5.74, 6) is 3.00. The largest absolute Gasteiger partial charge is 0.497 e. The molecule has 0 N–H and O–H groups in total. The third kappa shape index (κ3) is 4.09. The van der Waals surface area contributed by atoms with Crippen LogP contribution in [0, 0.1) is 0 Å². The summed E-state index contributed by atoms with van der Waals surface area (Å²) in [6.07, 6.45) is 0. The standard InChI is InChI=1S/C21H24N2O5S2/c1-26-15-6-4-14(5-7-15)11-29-21-22-17-12-30(24,25)13-19(17)23(21)18-10-16(27-2)8-9-20(18)28-3/h4-10,17,19H,11-13H2,1-3H3/t17-,19-/m0/s1. The first-order valence-corrected chi connectivity index (χ1v) is 12.3. The molecular formula is C21H24N2O5S2. The zero-order valence-electron chi connectivity index (χ0n) is 17.1. The SMILES string of the molecule is COc1ccc(CSC2=N[C@H]3CS(=O)(=O)C[C@@H]3N2c2cc(OC)ccc2OC)cc1. The second kappa shape index (κ2) is 8.39. The Morgan fingerprint density at radius 1 is 1.00 bits per heavy atom. The van der Waals surface area contributed by atoms with Gasteiger partial charge in [0, 0.05) is 11.8 Å². The minimum Gasteiger partial charge on any atom is -0.497 e. The third-order valence-corrected chi connectivity index (χ3v) is 8.02. The number of thioether (sulfide) groups is 1. The molecule has 1 saturated heterocycles. The zero-order chi connectivity index (χ0) is 21.3. The summed E-state index contributed by atoms with van der Waals surface area (Å²) >= 11 is 1.59. The van der Waals surface area contributed by atoms with Gasteiger partial charge in [0.1, 0.15) is 17.2 Å². The first-order valence-electron chi connectivity index (χ1n) is 9.49. The molecule has 7 nitrogen and oxygen atoms in total. The number of fused-ring (bicyclic) bond motifs is 1. The average molecular weight is 449 g/mol. The number of rotatable bonds is 6. The molecule has 2 aromatic carbocycles. The summed E-state index contributed by atoms with van der Waals surface area (Å²) in [5.41, 5.74) is 1.90. The molecule has 9 heteroatoms. The van der Waals surface area contributed by atoms with Crippen molar-refractivity contribution in [2.45, 2.75) is 17.8 Å². The summed E-state index contributed by atoms with van der Waals surface area (Å²) < 4.78 is 40.7. The third-order valence-electron chi connectivity index (χ3n) is 5.28. The molecule has 0 unspecified atom stereocenters. The number of hydrogen-bond acceptors (Lipinski definition) is 8. The summed E-state index contributed by atoms with van der Waals surface area (Å²) in [6, 6.07) is 12.9. The minimum atomic E-state index is -3.12. The molecule has 4 rings (SSSR count). The first-order chi connectivity index (χ1) is 14.4. The molecule has 2 heterocycles. The second-order valence-electron chi connectivity index (χ2n) is 7.17. The predicted molar refractivity (Wildman–Crippen MR) is 120 cm³/mol. The summed E-state index contributed by atoms with van der Waals surface area (Å²) in [6.45, 7) is 0. The summed E-state index contributed by atoms with van der Waals surface area (Å²) in [7, 11) is 1.72. The van der Waals surface area contributed by atoms with E-state index in [1.54, 1.807) is 33.1 Å². The van der Waals surface area contributed by atoms with Crippen LogP contribution in [0.2, 0.25) is 0 Å². The molecule has 2 aliphatic rings. The van der Waals surface area contributed by atoms with E-state index in [0.717, 1.165) is 22.2 Å². The van der Waals surface area contributed by atoms with Gasteiger partial charge in [-0.3, -0.25) is 4.99 Å². The van der Waals surface area contributed by atoms with E-state index in [9.17, 15) is 8.42 Å². The quantitative estimate of drug-likeness (QED) is 0.672. The maximum atomic E-state index is 12.3. The van der Waals surface area contributed by atoms with Crippen LogP contribution in [0.1, 0.15) is 5.56 Å². The van der Waals surface area contributed by atoms with Crippen LogP contribution >= 0.6 is 11.8 Å². The number of sulfone groups is 1. The van der Waals surface area contributed by atoms with E-state index in [2.05, 4.69) is 0 Å². The van der Waals surface area contributed by atoms with Gasteiger partial charge in [-0.2, -0.15) is 0 Å². The Morgan fingerprint density at radius 3 is 2.37 bits per heavy atom. The number of anilines is 1. The van der Waals surface area contributed by atoms with E-state index < -0.39 is 9.84 Å². The Balaban J connectivity index is 1.65. The lowest BCUT2D eigenvalue weighted by Gasteiger charge is -2.28. The molecule has 1 fully saturated rings. The Kier molecular flexibility index (Phi) is 5.84. The van der Waals surface area contributed by atoms with E-state index in [4.69, 9.17) is 19.2 Å². The van der Waals surface area contributed by atoms with E-state index in [1.165, 1.54) is 0 Å². The van der Waals surface area contributed by atoms with Crippen molar-refractivity contribution in [2.24, 2.45) is 4.99 Å². The fourth-order valence-electron chi connectivity index (χ4n) is 3.77. The van der Waals surface area contributed by atoms with Crippen LogP contribution in [0.15, 0.2) is 47.5 Å². The highest BCUT2D eigenvalue weighted by atomic mass is 32.2. The van der Waals surface area contributed by atoms with Crippen LogP contribution in [-0.2, 0) is 15.6 Å². The molecule has 30 heavy (non-hydrogen) atoms. The van der Waals surface area contributed by atoms with Crippen molar-refractivity contribution in [1.29, 1.82) is 0 Å². The smallest absolute Gasteiger partial charge is 0.164 e. The molecule has 0 bridgehead atoms. The molecule has 0 aliphatic carbocycles. The lowest BCUT2D eigenvalue weighted by molar-refractivity contribution is 0.403. The van der Waals surface area contributed by atoms with Crippen LogP contribution in [0.4, 0.5) is 5.69 Å². The van der Waals surface area contributed by atoms with Gasteiger partial charge in [-0.05, 0) is 29.8 Å². The normalized spacial score (nSPS) is 21.8. The zero-order valence-corrected chi connectivity index (χ0v) is 18.7. The number of nitrogens with zero attached hydrogens (tertiary/aromatic N) is 2. The second-order valence-corrected chi connectivity index (χ2v) is 10.3. The van der Waals surface area contributed by atoms with Crippen molar-refractivity contribution < 1.29 is 22.6 Å².